The van der Waals surface area contributed by atoms with Crippen LogP contribution in [-0.2, 0) is 4.79 Å². The second-order valence-corrected chi connectivity index (χ2v) is 5.35. The van der Waals surface area contributed by atoms with E-state index in [-0.39, 0.29) is 5.41 Å². The van der Waals surface area contributed by atoms with E-state index in [4.69, 9.17) is 0 Å². The maximum absolute atomic E-state index is 11.9. The Bertz CT molecular complexity index is 258. The lowest BCUT2D eigenvalue weighted by atomic mass is 9.49. The predicted octanol–water partition coefficient (Wildman–Crippen LogP) is 3.08. The van der Waals surface area contributed by atoms with Crippen molar-refractivity contribution < 1.29 is 4.79 Å². The summed E-state index contributed by atoms with van der Waals surface area (Å²) in [4.78, 5) is 11.9. The van der Waals surface area contributed by atoms with Gasteiger partial charge in [-0.25, -0.2) is 0 Å². The quantitative estimate of drug-likeness (QED) is 0.557. The molecule has 0 aromatic carbocycles. The van der Waals surface area contributed by atoms with Gasteiger partial charge in [0.2, 0.25) is 0 Å². The summed E-state index contributed by atoms with van der Waals surface area (Å²) >= 11 is 0. The summed E-state index contributed by atoms with van der Waals surface area (Å²) in [5, 5.41) is 0. The number of Topliss-reactive ketones (excluding diaryl/α,β-unsaturated/α-hetero) is 1. The molecule has 0 aromatic heterocycles. The molecule has 0 bridgehead atoms. The number of hydrogen-bond acceptors (Lipinski definition) is 1. The number of hydrogen-bond donors (Lipinski definition) is 0. The maximum atomic E-state index is 11.9. The van der Waals surface area contributed by atoms with Gasteiger partial charge in [-0.3, -0.25) is 4.79 Å². The highest BCUT2D eigenvalue weighted by Gasteiger charge is 2.65. The summed E-state index contributed by atoms with van der Waals surface area (Å²) in [5.74, 6) is 0.626. The smallest absolute Gasteiger partial charge is 0.139 e. The first-order chi connectivity index (χ1) is 6.29. The average molecular weight is 178 g/mol. The summed E-state index contributed by atoms with van der Waals surface area (Å²) < 4.78 is 0. The zero-order valence-electron chi connectivity index (χ0n) is 8.27. The molecule has 72 valence electrons. The Kier molecular flexibility index (Phi) is 1.46. The van der Waals surface area contributed by atoms with Crippen molar-refractivity contribution in [1.29, 1.82) is 0 Å². The van der Waals surface area contributed by atoms with Crippen LogP contribution in [0.15, 0.2) is 0 Å². The van der Waals surface area contributed by atoms with Crippen LogP contribution in [0.5, 0.6) is 0 Å². The molecule has 0 heterocycles. The molecule has 2 unspecified atom stereocenters. The molecule has 13 heavy (non-hydrogen) atoms. The molecule has 0 amide bonds. The lowest BCUT2D eigenvalue weighted by Gasteiger charge is -2.54. The van der Waals surface area contributed by atoms with Crippen LogP contribution in [0.3, 0.4) is 0 Å². The average Bonchev–Trinajstić information content (AvgIpc) is 2.24. The monoisotopic (exact) mass is 178 g/mol. The largest absolute Gasteiger partial charge is 0.299 e. The Labute approximate surface area is 79.9 Å². The highest BCUT2D eigenvalue weighted by Crippen LogP contribution is 2.69. The summed E-state index contributed by atoms with van der Waals surface area (Å²) in [5.41, 5.74) is 0.726. The van der Waals surface area contributed by atoms with Gasteiger partial charge in [-0.15, -0.1) is 0 Å². The van der Waals surface area contributed by atoms with E-state index in [1.165, 1.54) is 51.4 Å². The van der Waals surface area contributed by atoms with Crippen molar-refractivity contribution in [3.63, 3.8) is 0 Å². The molecule has 3 fully saturated rings. The molecule has 3 aliphatic rings. The number of carbonyl (C=O) groups is 1. The van der Waals surface area contributed by atoms with Crippen molar-refractivity contribution in [1.82, 2.24) is 0 Å². The van der Waals surface area contributed by atoms with Crippen molar-refractivity contribution in [3.05, 3.63) is 0 Å². The highest BCUT2D eigenvalue weighted by molar-refractivity contribution is 5.89. The molecule has 0 radical (unpaired) electrons. The third-order valence-corrected chi connectivity index (χ3v) is 5.17. The van der Waals surface area contributed by atoms with Gasteiger partial charge in [-0.1, -0.05) is 19.3 Å². The molecule has 0 aliphatic heterocycles. The Hall–Kier alpha value is -0.330. The molecule has 0 N–H and O–H groups in total. The first-order valence-electron chi connectivity index (χ1n) is 5.83. The molecule has 0 spiro atoms. The number of rotatable bonds is 0. The lowest BCUT2D eigenvalue weighted by Crippen LogP contribution is -2.50. The summed E-state index contributed by atoms with van der Waals surface area (Å²) in [6.07, 6.45) is 11.4. The van der Waals surface area contributed by atoms with Gasteiger partial charge in [0.1, 0.15) is 5.78 Å². The molecule has 3 aliphatic carbocycles. The van der Waals surface area contributed by atoms with Crippen LogP contribution in [-0.4, -0.2) is 5.78 Å². The summed E-state index contributed by atoms with van der Waals surface area (Å²) in [6.45, 7) is 0. The van der Waals surface area contributed by atoms with Crippen molar-refractivity contribution in [3.8, 4) is 0 Å². The maximum Gasteiger partial charge on any atom is 0.139 e. The normalized spacial score (nSPS) is 49.1. The highest BCUT2D eigenvalue weighted by atomic mass is 16.1. The van der Waals surface area contributed by atoms with Crippen LogP contribution in [0.25, 0.3) is 0 Å². The Morgan fingerprint density at radius 1 is 0.846 bits per heavy atom. The van der Waals surface area contributed by atoms with Gasteiger partial charge in [-0.2, -0.15) is 0 Å². The van der Waals surface area contributed by atoms with Crippen LogP contribution in [0.1, 0.15) is 57.8 Å². The van der Waals surface area contributed by atoms with E-state index < -0.39 is 0 Å². The minimum absolute atomic E-state index is 0.212. The summed E-state index contributed by atoms with van der Waals surface area (Å²) in [7, 11) is 0. The van der Waals surface area contributed by atoms with E-state index in [0.29, 0.717) is 11.2 Å². The molecule has 2 atom stereocenters. The van der Waals surface area contributed by atoms with Crippen molar-refractivity contribution in [2.75, 3.05) is 0 Å². The topological polar surface area (TPSA) is 17.1 Å². The number of ketones is 1. The van der Waals surface area contributed by atoms with Crippen molar-refractivity contribution >= 4 is 5.78 Å². The van der Waals surface area contributed by atoms with Gasteiger partial charge >= 0.3 is 0 Å². The van der Waals surface area contributed by atoms with Gasteiger partial charge in [-0.05, 0) is 37.5 Å². The predicted molar refractivity (Wildman–Crippen MR) is 51.4 cm³/mol. The number of carbonyl (C=O) groups excluding carboxylic acids is 1. The molecule has 1 nitrogen and oxygen atoms in total. The minimum atomic E-state index is 0.212. The van der Waals surface area contributed by atoms with Crippen LogP contribution in [0.2, 0.25) is 0 Å². The third kappa shape index (κ3) is 0.769. The van der Waals surface area contributed by atoms with Gasteiger partial charge in [0, 0.05) is 11.8 Å². The lowest BCUT2D eigenvalue weighted by molar-refractivity contribution is -0.142. The first kappa shape index (κ1) is 8.02. The zero-order chi connectivity index (χ0) is 8.94. The molecule has 0 saturated heterocycles. The van der Waals surface area contributed by atoms with Crippen LogP contribution < -0.4 is 0 Å². The van der Waals surface area contributed by atoms with Gasteiger partial charge in [0.05, 0.1) is 0 Å². The zero-order valence-corrected chi connectivity index (χ0v) is 8.27. The Balaban J connectivity index is 2.01. The Morgan fingerprint density at radius 3 is 2.46 bits per heavy atom. The fraction of sp³-hybridized carbons (Fsp3) is 0.917. The standard InChI is InChI=1S/C12H18O/c13-10-4-7-11-5-2-1-3-6-12(10,11)9-8-11/h1-9H2. The van der Waals surface area contributed by atoms with E-state index in [9.17, 15) is 4.79 Å². The minimum Gasteiger partial charge on any atom is -0.299 e. The Morgan fingerprint density at radius 2 is 1.69 bits per heavy atom. The van der Waals surface area contributed by atoms with E-state index in [2.05, 4.69) is 0 Å². The van der Waals surface area contributed by atoms with Crippen LogP contribution >= 0.6 is 0 Å². The third-order valence-electron chi connectivity index (χ3n) is 5.17. The van der Waals surface area contributed by atoms with Gasteiger partial charge in [0.25, 0.3) is 0 Å². The van der Waals surface area contributed by atoms with E-state index in [1.54, 1.807) is 0 Å². The second kappa shape index (κ2) is 2.37. The SMILES string of the molecule is O=C1CCC23CCCCCC12CC3. The molecule has 3 rings (SSSR count). The van der Waals surface area contributed by atoms with E-state index in [1.807, 2.05) is 0 Å². The molecule has 0 aromatic rings. The fourth-order valence-corrected chi connectivity index (χ4v) is 4.26. The fourth-order valence-electron chi connectivity index (χ4n) is 4.26. The van der Waals surface area contributed by atoms with Crippen molar-refractivity contribution in [2.45, 2.75) is 57.8 Å². The van der Waals surface area contributed by atoms with E-state index in [0.717, 1.165) is 6.42 Å². The summed E-state index contributed by atoms with van der Waals surface area (Å²) in [6, 6.07) is 0. The first-order valence-corrected chi connectivity index (χ1v) is 5.83. The van der Waals surface area contributed by atoms with Crippen LogP contribution in [0, 0.1) is 10.8 Å². The molecule has 3 saturated carbocycles. The molecular weight excluding hydrogens is 160 g/mol. The van der Waals surface area contributed by atoms with Gasteiger partial charge < -0.3 is 0 Å². The van der Waals surface area contributed by atoms with Crippen LogP contribution in [0.4, 0.5) is 0 Å². The van der Waals surface area contributed by atoms with E-state index >= 15 is 0 Å². The van der Waals surface area contributed by atoms with Gasteiger partial charge in [0.15, 0.2) is 0 Å². The molecular formula is C12H18O. The van der Waals surface area contributed by atoms with Crippen molar-refractivity contribution in [2.24, 2.45) is 10.8 Å². The second-order valence-electron chi connectivity index (χ2n) is 5.35. The molecule has 1 heteroatoms.